The largest absolute Gasteiger partial charge is 0.508 e. The van der Waals surface area contributed by atoms with E-state index in [1.165, 1.54) is 19.3 Å². The van der Waals surface area contributed by atoms with Crippen LogP contribution in [0, 0.1) is 23.2 Å². The lowest BCUT2D eigenvalue weighted by Gasteiger charge is -2.56. The summed E-state index contributed by atoms with van der Waals surface area (Å²) in [6.07, 6.45) is 6.14. The molecule has 0 aromatic rings. The standard InChI is InChI=1S/C14H22O7S/c15-12(22(17,18)19)7-20-13(16)21-8-14-4-9-1-10(5-14)3-11(2-9)6-14/h9-12,15H,1-8H2,(H,17,18,19). The number of hydrogen-bond acceptors (Lipinski definition) is 6. The van der Waals surface area contributed by atoms with E-state index in [4.69, 9.17) is 14.4 Å². The lowest BCUT2D eigenvalue weighted by molar-refractivity contribution is -0.0908. The third kappa shape index (κ3) is 3.38. The molecule has 2 N–H and O–H groups in total. The molecule has 0 radical (unpaired) electrons. The Labute approximate surface area is 129 Å². The molecule has 0 spiro atoms. The number of rotatable bonds is 5. The minimum atomic E-state index is -4.63. The van der Waals surface area contributed by atoms with Crippen molar-refractivity contribution >= 4 is 16.3 Å². The van der Waals surface area contributed by atoms with Gasteiger partial charge in [-0.25, -0.2) is 4.79 Å². The van der Waals surface area contributed by atoms with Gasteiger partial charge in [-0.3, -0.25) is 4.55 Å². The Morgan fingerprint density at radius 3 is 2.05 bits per heavy atom. The molecule has 4 aliphatic carbocycles. The molecule has 4 bridgehead atoms. The van der Waals surface area contributed by atoms with Crippen LogP contribution in [-0.4, -0.2) is 42.9 Å². The Kier molecular flexibility index (Phi) is 4.11. The van der Waals surface area contributed by atoms with Gasteiger partial charge in [0.1, 0.15) is 13.2 Å². The van der Waals surface area contributed by atoms with Crippen molar-refractivity contribution in [2.45, 2.75) is 44.0 Å². The minimum absolute atomic E-state index is 0.0510. The van der Waals surface area contributed by atoms with E-state index in [1.54, 1.807) is 0 Å². The SMILES string of the molecule is O=C(OCC(O)S(=O)(=O)O)OCC12CC3CC(CC(C3)C1)C2. The summed E-state index contributed by atoms with van der Waals surface area (Å²) < 4.78 is 39.5. The number of carbonyl (C=O) groups is 1. The smallest absolute Gasteiger partial charge is 0.434 e. The van der Waals surface area contributed by atoms with Crippen molar-refractivity contribution in [2.24, 2.45) is 23.2 Å². The molecule has 126 valence electrons. The summed E-state index contributed by atoms with van der Waals surface area (Å²) in [4.78, 5) is 11.5. The van der Waals surface area contributed by atoms with Gasteiger partial charge >= 0.3 is 6.16 Å². The van der Waals surface area contributed by atoms with Gasteiger partial charge in [0.2, 0.25) is 5.44 Å². The van der Waals surface area contributed by atoms with Crippen LogP contribution in [0.15, 0.2) is 0 Å². The second-order valence-electron chi connectivity index (χ2n) is 7.24. The van der Waals surface area contributed by atoms with Gasteiger partial charge in [0.15, 0.2) is 0 Å². The molecule has 0 aliphatic heterocycles. The molecule has 4 aliphatic rings. The fourth-order valence-electron chi connectivity index (χ4n) is 4.95. The summed E-state index contributed by atoms with van der Waals surface area (Å²) in [6, 6.07) is 0. The predicted molar refractivity (Wildman–Crippen MR) is 75.5 cm³/mol. The minimum Gasteiger partial charge on any atom is -0.434 e. The van der Waals surface area contributed by atoms with Gasteiger partial charge in [-0.05, 0) is 56.3 Å². The van der Waals surface area contributed by atoms with Crippen LogP contribution in [0.5, 0.6) is 0 Å². The molecule has 1 unspecified atom stereocenters. The Bertz CT molecular complexity index is 506. The van der Waals surface area contributed by atoms with Crippen molar-refractivity contribution in [1.29, 1.82) is 0 Å². The highest BCUT2D eigenvalue weighted by atomic mass is 32.2. The normalized spacial score (nSPS) is 37.8. The highest BCUT2D eigenvalue weighted by Gasteiger charge is 2.51. The van der Waals surface area contributed by atoms with Crippen LogP contribution in [0.3, 0.4) is 0 Å². The van der Waals surface area contributed by atoms with Crippen LogP contribution >= 0.6 is 0 Å². The number of aliphatic hydroxyl groups excluding tert-OH is 1. The van der Waals surface area contributed by atoms with E-state index in [0.717, 1.165) is 37.0 Å². The molecule has 8 heteroatoms. The fourth-order valence-corrected chi connectivity index (χ4v) is 5.19. The lowest BCUT2D eigenvalue weighted by atomic mass is 9.50. The maximum absolute atomic E-state index is 11.5. The van der Waals surface area contributed by atoms with Gasteiger partial charge in [-0.1, -0.05) is 0 Å². The van der Waals surface area contributed by atoms with Crippen LogP contribution in [0.25, 0.3) is 0 Å². The summed E-state index contributed by atoms with van der Waals surface area (Å²) in [5, 5.41) is 9.06. The molecule has 22 heavy (non-hydrogen) atoms. The van der Waals surface area contributed by atoms with E-state index < -0.39 is 28.3 Å². The van der Waals surface area contributed by atoms with E-state index in [0.29, 0.717) is 0 Å². The quantitative estimate of drug-likeness (QED) is 0.580. The van der Waals surface area contributed by atoms with Crippen LogP contribution in [-0.2, 0) is 19.6 Å². The van der Waals surface area contributed by atoms with Crippen LogP contribution in [0.4, 0.5) is 4.79 Å². The maximum Gasteiger partial charge on any atom is 0.508 e. The van der Waals surface area contributed by atoms with Gasteiger partial charge < -0.3 is 14.6 Å². The number of hydrogen-bond donors (Lipinski definition) is 2. The molecular formula is C14H22O7S. The summed E-state index contributed by atoms with van der Waals surface area (Å²) in [5.41, 5.74) is -2.09. The second-order valence-corrected chi connectivity index (χ2v) is 8.81. The highest BCUT2D eigenvalue weighted by molar-refractivity contribution is 7.86. The predicted octanol–water partition coefficient (Wildman–Crippen LogP) is 1.56. The van der Waals surface area contributed by atoms with Crippen molar-refractivity contribution in [1.82, 2.24) is 0 Å². The van der Waals surface area contributed by atoms with Gasteiger partial charge in [0.25, 0.3) is 10.1 Å². The number of aliphatic hydroxyl groups is 1. The molecule has 0 saturated heterocycles. The van der Waals surface area contributed by atoms with E-state index in [-0.39, 0.29) is 12.0 Å². The molecule has 0 amide bonds. The summed E-state index contributed by atoms with van der Waals surface area (Å²) in [7, 11) is -4.63. The summed E-state index contributed by atoms with van der Waals surface area (Å²) >= 11 is 0. The molecule has 7 nitrogen and oxygen atoms in total. The Morgan fingerprint density at radius 2 is 1.59 bits per heavy atom. The average Bonchev–Trinajstić information content (AvgIpc) is 2.40. The van der Waals surface area contributed by atoms with Crippen LogP contribution < -0.4 is 0 Å². The van der Waals surface area contributed by atoms with Crippen molar-refractivity contribution < 1.29 is 32.3 Å². The molecular weight excluding hydrogens is 312 g/mol. The Morgan fingerprint density at radius 1 is 1.09 bits per heavy atom. The molecule has 0 aromatic heterocycles. The Hall–Kier alpha value is -0.860. The first-order valence-corrected chi connectivity index (χ1v) is 9.20. The van der Waals surface area contributed by atoms with Gasteiger partial charge in [0.05, 0.1) is 0 Å². The third-order valence-corrected chi connectivity index (χ3v) is 6.17. The first kappa shape index (κ1) is 16.0. The zero-order valence-electron chi connectivity index (χ0n) is 12.3. The Balaban J connectivity index is 1.47. The first-order valence-electron chi connectivity index (χ1n) is 7.70. The topological polar surface area (TPSA) is 110 Å². The van der Waals surface area contributed by atoms with Crippen LogP contribution in [0.1, 0.15) is 38.5 Å². The van der Waals surface area contributed by atoms with Gasteiger partial charge in [0, 0.05) is 5.41 Å². The number of ether oxygens (including phenoxy) is 2. The first-order chi connectivity index (χ1) is 10.3. The van der Waals surface area contributed by atoms with Gasteiger partial charge in [-0.2, -0.15) is 8.42 Å². The lowest BCUT2D eigenvalue weighted by Crippen LogP contribution is -2.48. The summed E-state index contributed by atoms with van der Waals surface area (Å²) in [5.74, 6) is 2.23. The molecule has 4 fully saturated rings. The highest BCUT2D eigenvalue weighted by Crippen LogP contribution is 2.60. The number of carbonyl (C=O) groups excluding carboxylic acids is 1. The zero-order chi connectivity index (χ0) is 16.0. The molecule has 4 saturated carbocycles. The molecule has 1 atom stereocenters. The van der Waals surface area contributed by atoms with Crippen molar-refractivity contribution in [3.05, 3.63) is 0 Å². The monoisotopic (exact) mass is 334 g/mol. The summed E-state index contributed by atoms with van der Waals surface area (Å²) in [6.45, 7) is -0.546. The molecule has 4 rings (SSSR count). The average molecular weight is 334 g/mol. The fraction of sp³-hybridized carbons (Fsp3) is 0.929. The van der Waals surface area contributed by atoms with E-state index in [9.17, 15) is 13.2 Å². The van der Waals surface area contributed by atoms with Crippen molar-refractivity contribution in [2.75, 3.05) is 13.2 Å². The van der Waals surface area contributed by atoms with E-state index in [2.05, 4.69) is 4.74 Å². The third-order valence-electron chi connectivity index (χ3n) is 5.35. The van der Waals surface area contributed by atoms with Crippen molar-refractivity contribution in [3.63, 3.8) is 0 Å². The zero-order valence-corrected chi connectivity index (χ0v) is 13.1. The molecule has 0 aromatic carbocycles. The van der Waals surface area contributed by atoms with E-state index >= 15 is 0 Å². The van der Waals surface area contributed by atoms with E-state index in [1.807, 2.05) is 0 Å². The maximum atomic E-state index is 11.5. The van der Waals surface area contributed by atoms with Crippen LogP contribution in [0.2, 0.25) is 0 Å². The molecule has 0 heterocycles. The second kappa shape index (κ2) is 5.65. The van der Waals surface area contributed by atoms with Crippen molar-refractivity contribution in [3.8, 4) is 0 Å². The van der Waals surface area contributed by atoms with Gasteiger partial charge in [-0.15, -0.1) is 0 Å².